The molecule has 2 saturated carbocycles. The highest BCUT2D eigenvalue weighted by atomic mass is 19.1. The van der Waals surface area contributed by atoms with Gasteiger partial charge in [0.15, 0.2) is 11.6 Å². The second-order valence-electron chi connectivity index (χ2n) is 5.87. The maximum Gasteiger partial charge on any atom is 0.254 e. The molecule has 1 aromatic heterocycles. The number of hydrogen-bond donors (Lipinski definition) is 2. The zero-order chi connectivity index (χ0) is 14.2. The molecule has 1 heterocycles. The first kappa shape index (κ1) is 13.3. The molecular formula is C15H20FN3O. The lowest BCUT2D eigenvalue weighted by Gasteiger charge is -2.15. The Labute approximate surface area is 118 Å². The normalized spacial score (nSPS) is 19.5. The largest absolute Gasteiger partial charge is 0.368 e. The van der Waals surface area contributed by atoms with Crippen LogP contribution in [0, 0.1) is 17.2 Å². The molecule has 0 unspecified atom stereocenters. The van der Waals surface area contributed by atoms with Crippen LogP contribution in [0.15, 0.2) is 12.3 Å². The smallest absolute Gasteiger partial charge is 0.254 e. The highest BCUT2D eigenvalue weighted by molar-refractivity contribution is 5.95. The zero-order valence-corrected chi connectivity index (χ0v) is 11.7. The summed E-state index contributed by atoms with van der Waals surface area (Å²) in [5.41, 5.74) is 0.395. The number of halogens is 1. The van der Waals surface area contributed by atoms with Crippen LogP contribution in [0.1, 0.15) is 43.0 Å². The van der Waals surface area contributed by atoms with Crippen molar-refractivity contribution in [1.29, 1.82) is 0 Å². The minimum atomic E-state index is -0.567. The van der Waals surface area contributed by atoms with E-state index in [-0.39, 0.29) is 17.3 Å². The molecular weight excluding hydrogens is 257 g/mol. The summed E-state index contributed by atoms with van der Waals surface area (Å²) < 4.78 is 14.1. The Balaban J connectivity index is 1.66. The Morgan fingerprint density at radius 2 is 2.25 bits per heavy atom. The third-order valence-corrected chi connectivity index (χ3v) is 4.41. The summed E-state index contributed by atoms with van der Waals surface area (Å²) in [4.78, 5) is 16.0. The van der Waals surface area contributed by atoms with E-state index < -0.39 is 5.82 Å². The van der Waals surface area contributed by atoms with E-state index in [1.54, 1.807) is 0 Å². The molecule has 2 aliphatic rings. The number of nitrogens with zero attached hydrogens (tertiary/aromatic N) is 1. The van der Waals surface area contributed by atoms with E-state index in [1.807, 2.05) is 6.92 Å². The molecule has 0 aliphatic heterocycles. The van der Waals surface area contributed by atoms with Gasteiger partial charge in [0.25, 0.3) is 5.91 Å². The first-order valence-electron chi connectivity index (χ1n) is 7.33. The Morgan fingerprint density at radius 1 is 1.50 bits per heavy atom. The van der Waals surface area contributed by atoms with Gasteiger partial charge in [0.05, 0.1) is 5.56 Å². The standard InChI is InChI=1S/C15H20FN3O/c1-2-17-13-12(16)11(5-8-18-13)14(20)19-9-15(6-7-15)10-3-4-10/h5,8,10H,2-4,6-7,9H2,1H3,(H,17,18)(H,19,20). The summed E-state index contributed by atoms with van der Waals surface area (Å²) in [6, 6.07) is 1.43. The number of nitrogens with one attached hydrogen (secondary N) is 2. The molecule has 0 saturated heterocycles. The molecule has 2 fully saturated rings. The average Bonchev–Trinajstić information content (AvgIpc) is 3.30. The summed E-state index contributed by atoms with van der Waals surface area (Å²) in [5, 5.41) is 5.72. The van der Waals surface area contributed by atoms with Crippen LogP contribution in [-0.4, -0.2) is 24.0 Å². The van der Waals surface area contributed by atoms with Gasteiger partial charge in [-0.15, -0.1) is 0 Å². The lowest BCUT2D eigenvalue weighted by atomic mass is 10.0. The van der Waals surface area contributed by atoms with Gasteiger partial charge in [0.2, 0.25) is 0 Å². The number of anilines is 1. The third-order valence-electron chi connectivity index (χ3n) is 4.41. The monoisotopic (exact) mass is 277 g/mol. The molecule has 0 aromatic carbocycles. The lowest BCUT2D eigenvalue weighted by Crippen LogP contribution is -2.32. The number of carbonyl (C=O) groups excluding carboxylic acids is 1. The number of hydrogen-bond acceptors (Lipinski definition) is 3. The number of amides is 1. The van der Waals surface area contributed by atoms with E-state index >= 15 is 0 Å². The van der Waals surface area contributed by atoms with Crippen molar-refractivity contribution in [3.8, 4) is 0 Å². The molecule has 0 radical (unpaired) electrons. The summed E-state index contributed by atoms with van der Waals surface area (Å²) in [6.07, 6.45) is 6.41. The molecule has 1 aromatic rings. The van der Waals surface area contributed by atoms with E-state index in [0.717, 1.165) is 5.92 Å². The van der Waals surface area contributed by atoms with Gasteiger partial charge < -0.3 is 10.6 Å². The lowest BCUT2D eigenvalue weighted by molar-refractivity contribution is 0.0938. The SMILES string of the molecule is CCNc1nccc(C(=O)NCC2(C3CC3)CC2)c1F. The van der Waals surface area contributed by atoms with Crippen LogP contribution in [0.2, 0.25) is 0 Å². The first-order chi connectivity index (χ1) is 9.66. The predicted octanol–water partition coefficient (Wildman–Crippen LogP) is 2.57. The van der Waals surface area contributed by atoms with Crippen LogP contribution >= 0.6 is 0 Å². The van der Waals surface area contributed by atoms with Gasteiger partial charge in [0, 0.05) is 19.3 Å². The number of rotatable bonds is 6. The highest BCUT2D eigenvalue weighted by Gasteiger charge is 2.53. The van der Waals surface area contributed by atoms with Crippen molar-refractivity contribution >= 4 is 11.7 Å². The molecule has 108 valence electrons. The Morgan fingerprint density at radius 3 is 2.85 bits per heavy atom. The third kappa shape index (κ3) is 2.49. The van der Waals surface area contributed by atoms with Gasteiger partial charge in [-0.1, -0.05) is 0 Å². The summed E-state index contributed by atoms with van der Waals surface area (Å²) >= 11 is 0. The van der Waals surface area contributed by atoms with Gasteiger partial charge in [0.1, 0.15) is 0 Å². The van der Waals surface area contributed by atoms with E-state index in [0.29, 0.717) is 18.5 Å². The van der Waals surface area contributed by atoms with E-state index in [4.69, 9.17) is 0 Å². The van der Waals surface area contributed by atoms with Crippen molar-refractivity contribution in [2.24, 2.45) is 11.3 Å². The molecule has 1 amide bonds. The topological polar surface area (TPSA) is 54.0 Å². The number of pyridine rings is 1. The van der Waals surface area contributed by atoms with E-state index in [9.17, 15) is 9.18 Å². The maximum atomic E-state index is 14.1. The number of aromatic nitrogens is 1. The second kappa shape index (κ2) is 5.04. The molecule has 3 rings (SSSR count). The van der Waals surface area contributed by atoms with E-state index in [2.05, 4.69) is 15.6 Å². The Kier molecular flexibility index (Phi) is 3.36. The molecule has 0 atom stereocenters. The van der Waals surface area contributed by atoms with Crippen LogP contribution in [0.25, 0.3) is 0 Å². The fraction of sp³-hybridized carbons (Fsp3) is 0.600. The van der Waals surface area contributed by atoms with Crippen LogP contribution in [0.3, 0.4) is 0 Å². The van der Waals surface area contributed by atoms with Crippen LogP contribution < -0.4 is 10.6 Å². The Bertz CT molecular complexity index is 524. The molecule has 20 heavy (non-hydrogen) atoms. The second-order valence-corrected chi connectivity index (χ2v) is 5.87. The van der Waals surface area contributed by atoms with Crippen molar-refractivity contribution in [3.05, 3.63) is 23.6 Å². The summed E-state index contributed by atoms with van der Waals surface area (Å²) in [7, 11) is 0. The molecule has 2 N–H and O–H groups in total. The molecule has 2 aliphatic carbocycles. The van der Waals surface area contributed by atoms with Crippen molar-refractivity contribution in [2.75, 3.05) is 18.4 Å². The van der Waals surface area contributed by atoms with Crippen molar-refractivity contribution in [2.45, 2.75) is 32.6 Å². The van der Waals surface area contributed by atoms with Crippen LogP contribution in [0.5, 0.6) is 0 Å². The highest BCUT2D eigenvalue weighted by Crippen LogP contribution is 2.60. The zero-order valence-electron chi connectivity index (χ0n) is 11.7. The van der Waals surface area contributed by atoms with Crippen LogP contribution in [0.4, 0.5) is 10.2 Å². The molecule has 5 heteroatoms. The maximum absolute atomic E-state index is 14.1. The van der Waals surface area contributed by atoms with Gasteiger partial charge in [-0.05, 0) is 50.0 Å². The van der Waals surface area contributed by atoms with Gasteiger partial charge >= 0.3 is 0 Å². The van der Waals surface area contributed by atoms with Crippen molar-refractivity contribution in [3.63, 3.8) is 0 Å². The fourth-order valence-corrected chi connectivity index (χ4v) is 2.85. The summed E-state index contributed by atoms with van der Waals surface area (Å²) in [6.45, 7) is 3.11. The minimum absolute atomic E-state index is 0.0718. The Hall–Kier alpha value is -1.65. The number of carbonyl (C=O) groups is 1. The van der Waals surface area contributed by atoms with Gasteiger partial charge in [-0.2, -0.15) is 0 Å². The average molecular weight is 277 g/mol. The van der Waals surface area contributed by atoms with Gasteiger partial charge in [-0.3, -0.25) is 4.79 Å². The minimum Gasteiger partial charge on any atom is -0.368 e. The summed E-state index contributed by atoms with van der Waals surface area (Å²) in [5.74, 6) is 0.0185. The molecule has 4 nitrogen and oxygen atoms in total. The van der Waals surface area contributed by atoms with Crippen molar-refractivity contribution in [1.82, 2.24) is 10.3 Å². The van der Waals surface area contributed by atoms with Crippen molar-refractivity contribution < 1.29 is 9.18 Å². The predicted molar refractivity (Wildman–Crippen MR) is 75.1 cm³/mol. The molecule has 0 bridgehead atoms. The van der Waals surface area contributed by atoms with Gasteiger partial charge in [-0.25, -0.2) is 9.37 Å². The quantitative estimate of drug-likeness (QED) is 0.840. The van der Waals surface area contributed by atoms with E-state index in [1.165, 1.54) is 37.9 Å². The molecule has 0 spiro atoms. The first-order valence-corrected chi connectivity index (χ1v) is 7.33. The van der Waals surface area contributed by atoms with Crippen LogP contribution in [-0.2, 0) is 0 Å². The fourth-order valence-electron chi connectivity index (χ4n) is 2.85.